The van der Waals surface area contributed by atoms with Crippen molar-refractivity contribution in [2.45, 2.75) is 12.8 Å². The fraction of sp³-hybridized carbons (Fsp3) is 0.857. The monoisotopic (exact) mass is 159 g/mol. The lowest BCUT2D eigenvalue weighted by Gasteiger charge is -2.27. The van der Waals surface area contributed by atoms with Crippen LogP contribution in [0.15, 0.2) is 0 Å². The minimum atomic E-state index is -0.706. The van der Waals surface area contributed by atoms with Crippen LogP contribution in [0, 0.1) is 5.92 Å². The third-order valence-corrected chi connectivity index (χ3v) is 2.14. The Hall–Kier alpha value is -0.610. The summed E-state index contributed by atoms with van der Waals surface area (Å²) in [6.07, 6.45) is 1.33. The van der Waals surface area contributed by atoms with Crippen molar-refractivity contribution in [2.24, 2.45) is 5.92 Å². The zero-order valence-electron chi connectivity index (χ0n) is 6.36. The fourth-order valence-corrected chi connectivity index (χ4v) is 1.32. The van der Waals surface area contributed by atoms with Gasteiger partial charge in [0.2, 0.25) is 0 Å². The minimum absolute atomic E-state index is 0.0480. The van der Waals surface area contributed by atoms with E-state index in [9.17, 15) is 4.79 Å². The Balaban J connectivity index is 2.30. The highest BCUT2D eigenvalue weighted by Crippen LogP contribution is 2.16. The molecule has 0 aliphatic carbocycles. The van der Waals surface area contributed by atoms with Gasteiger partial charge in [0.15, 0.2) is 0 Å². The van der Waals surface area contributed by atoms with Crippen molar-refractivity contribution in [1.82, 2.24) is 4.90 Å². The van der Waals surface area contributed by atoms with Crippen molar-refractivity contribution in [2.75, 3.05) is 19.8 Å². The molecule has 2 N–H and O–H groups in total. The van der Waals surface area contributed by atoms with Crippen LogP contribution in [0.2, 0.25) is 0 Å². The highest BCUT2D eigenvalue weighted by atomic mass is 16.4. The summed E-state index contributed by atoms with van der Waals surface area (Å²) in [5, 5.41) is 17.3. The van der Waals surface area contributed by atoms with Gasteiger partial charge >= 0.3 is 5.97 Å². The van der Waals surface area contributed by atoms with Gasteiger partial charge < -0.3 is 10.2 Å². The van der Waals surface area contributed by atoms with Crippen LogP contribution in [0.4, 0.5) is 0 Å². The molecule has 0 spiro atoms. The van der Waals surface area contributed by atoms with E-state index in [1.807, 2.05) is 4.90 Å². The highest BCUT2D eigenvalue weighted by Gasteiger charge is 2.23. The molecule has 0 atom stereocenters. The first kappa shape index (κ1) is 8.49. The Morgan fingerprint density at radius 2 is 2.00 bits per heavy atom. The average Bonchev–Trinajstić information content (AvgIpc) is 2.05. The molecule has 0 unspecified atom stereocenters. The molecule has 0 aromatic heterocycles. The van der Waals surface area contributed by atoms with Crippen LogP contribution in [0.25, 0.3) is 0 Å². The number of aliphatic carboxylic acids is 1. The fourth-order valence-electron chi connectivity index (χ4n) is 1.32. The van der Waals surface area contributed by atoms with Gasteiger partial charge in [-0.2, -0.15) is 0 Å². The molecule has 0 radical (unpaired) electrons. The molecule has 0 aromatic rings. The van der Waals surface area contributed by atoms with E-state index in [-0.39, 0.29) is 12.6 Å². The summed E-state index contributed by atoms with van der Waals surface area (Å²) in [7, 11) is 0. The summed E-state index contributed by atoms with van der Waals surface area (Å²) in [5.41, 5.74) is 0. The Morgan fingerprint density at radius 3 is 2.36 bits per heavy atom. The summed E-state index contributed by atoms with van der Waals surface area (Å²) in [4.78, 5) is 12.3. The Kier molecular flexibility index (Phi) is 2.84. The molecule has 11 heavy (non-hydrogen) atoms. The summed E-state index contributed by atoms with van der Waals surface area (Å²) < 4.78 is 0. The van der Waals surface area contributed by atoms with Crippen LogP contribution in [-0.4, -0.2) is 40.9 Å². The van der Waals surface area contributed by atoms with Crippen molar-refractivity contribution in [3.63, 3.8) is 0 Å². The molecule has 1 heterocycles. The van der Waals surface area contributed by atoms with Gasteiger partial charge in [-0.3, -0.25) is 9.69 Å². The lowest BCUT2D eigenvalue weighted by atomic mass is 9.98. The van der Waals surface area contributed by atoms with Gasteiger partial charge in [0, 0.05) is 13.1 Å². The Bertz CT molecular complexity index is 141. The molecule has 1 saturated heterocycles. The maximum atomic E-state index is 10.5. The second-order valence-corrected chi connectivity index (χ2v) is 2.87. The summed E-state index contributed by atoms with van der Waals surface area (Å²) in [6, 6.07) is 0. The molecule has 0 aromatic carbocycles. The van der Waals surface area contributed by atoms with Crippen LogP contribution >= 0.6 is 0 Å². The number of hydrogen-bond acceptors (Lipinski definition) is 3. The van der Waals surface area contributed by atoms with E-state index in [0.717, 1.165) is 0 Å². The first-order chi connectivity index (χ1) is 5.24. The van der Waals surface area contributed by atoms with E-state index in [1.165, 1.54) is 0 Å². The zero-order chi connectivity index (χ0) is 8.27. The van der Waals surface area contributed by atoms with Crippen LogP contribution in [0.1, 0.15) is 12.8 Å². The number of rotatable bonds is 2. The third kappa shape index (κ3) is 2.17. The van der Waals surface area contributed by atoms with E-state index in [2.05, 4.69) is 0 Å². The molecule has 1 rings (SSSR count). The van der Waals surface area contributed by atoms with E-state index >= 15 is 0 Å². The van der Waals surface area contributed by atoms with Gasteiger partial charge in [-0.25, -0.2) is 0 Å². The molecular formula is C7H13NO3. The van der Waals surface area contributed by atoms with Crippen molar-refractivity contribution >= 4 is 5.97 Å². The predicted molar refractivity (Wildman–Crippen MR) is 39.0 cm³/mol. The first-order valence-electron chi connectivity index (χ1n) is 3.80. The van der Waals surface area contributed by atoms with Gasteiger partial charge in [0.05, 0.1) is 12.6 Å². The second kappa shape index (κ2) is 3.69. The quantitative estimate of drug-likeness (QED) is 0.582. The molecular weight excluding hydrogens is 146 g/mol. The zero-order valence-corrected chi connectivity index (χ0v) is 6.36. The average molecular weight is 159 g/mol. The number of likely N-dealkylation sites (tertiary alicyclic amines) is 1. The smallest absolute Gasteiger partial charge is 0.306 e. The molecule has 1 aliphatic rings. The summed E-state index contributed by atoms with van der Waals surface area (Å²) in [5.74, 6) is -0.902. The van der Waals surface area contributed by atoms with E-state index < -0.39 is 5.97 Å². The van der Waals surface area contributed by atoms with Gasteiger partial charge in [0.1, 0.15) is 0 Å². The molecule has 0 bridgehead atoms. The van der Waals surface area contributed by atoms with Gasteiger partial charge in [0.25, 0.3) is 0 Å². The van der Waals surface area contributed by atoms with Crippen molar-refractivity contribution in [3.8, 4) is 0 Å². The Morgan fingerprint density at radius 1 is 1.45 bits per heavy atom. The van der Waals surface area contributed by atoms with Crippen molar-refractivity contribution in [1.29, 1.82) is 0 Å². The molecule has 64 valence electrons. The normalized spacial score (nSPS) is 21.9. The SMILES string of the molecule is O=C(O)C1CCN(CO)CC1. The predicted octanol–water partition coefficient (Wildman–Crippen LogP) is -0.267. The van der Waals surface area contributed by atoms with Gasteiger partial charge in [-0.15, -0.1) is 0 Å². The maximum Gasteiger partial charge on any atom is 0.306 e. The molecule has 4 nitrogen and oxygen atoms in total. The molecule has 0 saturated carbocycles. The van der Waals surface area contributed by atoms with Crippen LogP contribution in [0.3, 0.4) is 0 Å². The lowest BCUT2D eigenvalue weighted by molar-refractivity contribution is -0.143. The largest absolute Gasteiger partial charge is 0.481 e. The standard InChI is InChI=1S/C7H13NO3/c9-5-8-3-1-6(2-4-8)7(10)11/h6,9H,1-5H2,(H,10,11). The number of carboxylic acids is 1. The summed E-state index contributed by atoms with van der Waals surface area (Å²) in [6.45, 7) is 1.45. The highest BCUT2D eigenvalue weighted by molar-refractivity contribution is 5.70. The molecule has 1 fully saturated rings. The number of aliphatic hydroxyl groups is 1. The number of carbonyl (C=O) groups is 1. The van der Waals surface area contributed by atoms with E-state index in [0.29, 0.717) is 25.9 Å². The molecule has 1 aliphatic heterocycles. The van der Waals surface area contributed by atoms with Gasteiger partial charge in [-0.1, -0.05) is 0 Å². The third-order valence-electron chi connectivity index (χ3n) is 2.14. The maximum absolute atomic E-state index is 10.5. The Labute approximate surface area is 65.4 Å². The topological polar surface area (TPSA) is 60.8 Å². The molecule has 0 amide bonds. The number of aliphatic hydroxyl groups excluding tert-OH is 1. The second-order valence-electron chi connectivity index (χ2n) is 2.87. The summed E-state index contributed by atoms with van der Waals surface area (Å²) >= 11 is 0. The lowest BCUT2D eigenvalue weighted by Crippen LogP contribution is -2.36. The van der Waals surface area contributed by atoms with Gasteiger partial charge in [-0.05, 0) is 12.8 Å². The van der Waals surface area contributed by atoms with Crippen LogP contribution in [-0.2, 0) is 4.79 Å². The molecule has 4 heteroatoms. The minimum Gasteiger partial charge on any atom is -0.481 e. The van der Waals surface area contributed by atoms with Crippen LogP contribution < -0.4 is 0 Å². The van der Waals surface area contributed by atoms with Crippen LogP contribution in [0.5, 0.6) is 0 Å². The van der Waals surface area contributed by atoms with E-state index in [4.69, 9.17) is 10.2 Å². The number of hydrogen-bond donors (Lipinski definition) is 2. The number of piperidine rings is 1. The number of nitrogens with zero attached hydrogens (tertiary/aromatic N) is 1. The van der Waals surface area contributed by atoms with Crippen molar-refractivity contribution < 1.29 is 15.0 Å². The van der Waals surface area contributed by atoms with Crippen molar-refractivity contribution in [3.05, 3.63) is 0 Å². The first-order valence-corrected chi connectivity index (χ1v) is 3.80. The number of carboxylic acid groups (broad SMARTS) is 1. The van der Waals surface area contributed by atoms with E-state index in [1.54, 1.807) is 0 Å².